The van der Waals surface area contributed by atoms with Crippen molar-refractivity contribution in [1.82, 2.24) is 9.97 Å². The molecular weight excluding hydrogens is 472 g/mol. The van der Waals surface area contributed by atoms with E-state index in [0.717, 1.165) is 33.3 Å². The summed E-state index contributed by atoms with van der Waals surface area (Å²) in [5, 5.41) is 2.91. The molecule has 0 saturated heterocycles. The fourth-order valence-electron chi connectivity index (χ4n) is 4.60. The van der Waals surface area contributed by atoms with Gasteiger partial charge in [0.05, 0.1) is 17.3 Å². The van der Waals surface area contributed by atoms with Crippen LogP contribution in [0.15, 0.2) is 139 Å². The molecule has 1 atom stereocenters. The normalized spacial score (nSPS) is 11.7. The molecule has 6 rings (SSSR count). The molecule has 3 heterocycles. The summed E-state index contributed by atoms with van der Waals surface area (Å²) in [7, 11) is 0. The highest BCUT2D eigenvalue weighted by molar-refractivity contribution is 7.12. The van der Waals surface area contributed by atoms with Crippen molar-refractivity contribution in [2.75, 3.05) is 0 Å². The van der Waals surface area contributed by atoms with E-state index in [1.54, 1.807) is 11.3 Å². The third kappa shape index (κ3) is 5.06. The summed E-state index contributed by atoms with van der Waals surface area (Å²) >= 11 is 1.57. The van der Waals surface area contributed by atoms with Crippen LogP contribution in [0.25, 0.3) is 22.4 Å². The number of benzene rings is 3. The lowest BCUT2D eigenvalue weighted by Gasteiger charge is -2.22. The van der Waals surface area contributed by atoms with E-state index in [4.69, 9.17) is 9.72 Å². The van der Waals surface area contributed by atoms with Crippen LogP contribution in [0.1, 0.15) is 22.7 Å². The van der Waals surface area contributed by atoms with Crippen molar-refractivity contribution in [3.63, 3.8) is 0 Å². The summed E-state index contributed by atoms with van der Waals surface area (Å²) < 4.78 is 6.33. The zero-order valence-electron chi connectivity index (χ0n) is 20.1. The van der Waals surface area contributed by atoms with Gasteiger partial charge < -0.3 is 4.74 Å². The molecule has 0 unspecified atom stereocenters. The molecule has 0 radical (unpaired) electrons. The van der Waals surface area contributed by atoms with E-state index in [1.807, 2.05) is 60.9 Å². The summed E-state index contributed by atoms with van der Waals surface area (Å²) in [5.74, 6) is 0.749. The largest absolute Gasteiger partial charge is 0.447 e. The van der Waals surface area contributed by atoms with Gasteiger partial charge in [0, 0.05) is 29.4 Å². The fourth-order valence-corrected chi connectivity index (χ4v) is 5.37. The predicted molar refractivity (Wildman–Crippen MR) is 151 cm³/mol. The van der Waals surface area contributed by atoms with Crippen LogP contribution in [0.3, 0.4) is 0 Å². The molecule has 0 aliphatic heterocycles. The van der Waals surface area contributed by atoms with Crippen LogP contribution in [0.5, 0.6) is 10.8 Å². The Morgan fingerprint density at radius 2 is 1.41 bits per heavy atom. The number of hydrogen-bond acceptors (Lipinski definition) is 4. The number of pyridine rings is 2. The summed E-state index contributed by atoms with van der Waals surface area (Å²) in [5.41, 5.74) is 7.71. The first-order valence-electron chi connectivity index (χ1n) is 12.2. The van der Waals surface area contributed by atoms with Crippen LogP contribution in [0.2, 0.25) is 0 Å². The molecule has 0 N–H and O–H groups in total. The van der Waals surface area contributed by atoms with Gasteiger partial charge in [-0.05, 0) is 58.7 Å². The van der Waals surface area contributed by atoms with Crippen molar-refractivity contribution >= 4 is 11.3 Å². The van der Waals surface area contributed by atoms with Gasteiger partial charge in [0.1, 0.15) is 5.75 Å². The Bertz CT molecular complexity index is 1600. The number of thiophene rings is 1. The molecule has 178 valence electrons. The van der Waals surface area contributed by atoms with Crippen LogP contribution in [0, 0.1) is 0 Å². The first kappa shape index (κ1) is 22.9. The topological polar surface area (TPSA) is 35.0 Å². The number of hydrogen-bond donors (Lipinski definition) is 0. The number of ether oxygens (including phenoxy) is 1. The van der Waals surface area contributed by atoms with Gasteiger partial charge in [-0.2, -0.15) is 0 Å². The SMILES string of the molecule is c1ccc(-c2ccccc2[C@H](c2cccc(Oc3cc(-c4ccccn4)cs3)c2)c2ccccn2)cc1. The second-order valence-corrected chi connectivity index (χ2v) is 9.56. The molecule has 6 aromatic rings. The molecule has 3 aromatic carbocycles. The Morgan fingerprint density at radius 3 is 2.22 bits per heavy atom. The molecule has 4 heteroatoms. The maximum Gasteiger partial charge on any atom is 0.181 e. The summed E-state index contributed by atoms with van der Waals surface area (Å²) in [6.07, 6.45) is 3.67. The second-order valence-electron chi connectivity index (χ2n) is 8.68. The molecule has 3 nitrogen and oxygen atoms in total. The molecule has 0 bridgehead atoms. The summed E-state index contributed by atoms with van der Waals surface area (Å²) in [6, 6.07) is 41.5. The van der Waals surface area contributed by atoms with Crippen LogP contribution in [0.4, 0.5) is 0 Å². The maximum absolute atomic E-state index is 6.33. The van der Waals surface area contributed by atoms with Crippen molar-refractivity contribution in [1.29, 1.82) is 0 Å². The van der Waals surface area contributed by atoms with Crippen molar-refractivity contribution < 1.29 is 4.74 Å². The Balaban J connectivity index is 1.39. The molecule has 37 heavy (non-hydrogen) atoms. The summed E-state index contributed by atoms with van der Waals surface area (Å²) in [4.78, 5) is 9.22. The third-order valence-electron chi connectivity index (χ3n) is 6.29. The van der Waals surface area contributed by atoms with Gasteiger partial charge in [0.15, 0.2) is 5.06 Å². The molecule has 0 spiro atoms. The molecule has 0 aliphatic rings. The molecular formula is C33H24N2OS. The number of rotatable bonds is 7. The van der Waals surface area contributed by atoms with Gasteiger partial charge in [-0.15, -0.1) is 11.3 Å². The van der Waals surface area contributed by atoms with Crippen LogP contribution >= 0.6 is 11.3 Å². The minimum Gasteiger partial charge on any atom is -0.447 e. The van der Waals surface area contributed by atoms with E-state index in [-0.39, 0.29) is 5.92 Å². The average molecular weight is 497 g/mol. The highest BCUT2D eigenvalue weighted by Gasteiger charge is 2.22. The average Bonchev–Trinajstić information content (AvgIpc) is 3.44. The Morgan fingerprint density at radius 1 is 0.622 bits per heavy atom. The van der Waals surface area contributed by atoms with Crippen molar-refractivity contribution in [3.05, 3.63) is 156 Å². The minimum atomic E-state index is -0.0476. The predicted octanol–water partition coefficient (Wildman–Crippen LogP) is 8.84. The molecule has 0 saturated carbocycles. The number of aromatic nitrogens is 2. The molecule has 3 aromatic heterocycles. The Labute approximate surface area is 220 Å². The smallest absolute Gasteiger partial charge is 0.181 e. The van der Waals surface area contributed by atoms with E-state index in [1.165, 1.54) is 16.7 Å². The molecule has 0 aliphatic carbocycles. The monoisotopic (exact) mass is 496 g/mol. The number of nitrogens with zero attached hydrogens (tertiary/aromatic N) is 2. The fraction of sp³-hybridized carbons (Fsp3) is 0.0303. The first-order valence-corrected chi connectivity index (χ1v) is 13.1. The molecule has 0 amide bonds. The standard InChI is InChI=1S/C33H24N2OS/c1-2-11-24(12-3-1)28-15-4-5-16-29(28)33(31-18-7-9-20-35-31)25-13-10-14-27(21-25)36-32-22-26(23-37-32)30-17-6-8-19-34-30/h1-23,33H/t33-/m0/s1. The highest BCUT2D eigenvalue weighted by atomic mass is 32.1. The second kappa shape index (κ2) is 10.6. The quantitative estimate of drug-likeness (QED) is 0.221. The summed E-state index contributed by atoms with van der Waals surface area (Å²) in [6.45, 7) is 0. The lowest BCUT2D eigenvalue weighted by Crippen LogP contribution is -2.07. The zero-order chi connectivity index (χ0) is 24.9. The molecule has 0 fully saturated rings. The van der Waals surface area contributed by atoms with E-state index in [2.05, 4.69) is 83.2 Å². The maximum atomic E-state index is 6.33. The van der Waals surface area contributed by atoms with E-state index in [0.29, 0.717) is 0 Å². The van der Waals surface area contributed by atoms with Gasteiger partial charge in [0.2, 0.25) is 0 Å². The van der Waals surface area contributed by atoms with Gasteiger partial charge >= 0.3 is 0 Å². The zero-order valence-corrected chi connectivity index (χ0v) is 20.9. The van der Waals surface area contributed by atoms with Crippen LogP contribution in [-0.4, -0.2) is 9.97 Å². The van der Waals surface area contributed by atoms with Crippen LogP contribution in [-0.2, 0) is 0 Å². The Hall–Kier alpha value is -4.54. The Kier molecular flexibility index (Phi) is 6.56. The highest BCUT2D eigenvalue weighted by Crippen LogP contribution is 2.39. The van der Waals surface area contributed by atoms with Gasteiger partial charge in [0.25, 0.3) is 0 Å². The van der Waals surface area contributed by atoms with Gasteiger partial charge in [-0.1, -0.05) is 78.9 Å². The first-order chi connectivity index (χ1) is 18.3. The lowest BCUT2D eigenvalue weighted by atomic mass is 9.83. The van der Waals surface area contributed by atoms with E-state index in [9.17, 15) is 0 Å². The van der Waals surface area contributed by atoms with Gasteiger partial charge in [-0.3, -0.25) is 9.97 Å². The van der Waals surface area contributed by atoms with E-state index >= 15 is 0 Å². The van der Waals surface area contributed by atoms with Crippen molar-refractivity contribution in [2.24, 2.45) is 0 Å². The van der Waals surface area contributed by atoms with E-state index < -0.39 is 0 Å². The third-order valence-corrected chi connectivity index (χ3v) is 7.09. The van der Waals surface area contributed by atoms with Crippen molar-refractivity contribution in [3.8, 4) is 33.2 Å². The minimum absolute atomic E-state index is 0.0476. The lowest BCUT2D eigenvalue weighted by molar-refractivity contribution is 0.496. The van der Waals surface area contributed by atoms with Crippen LogP contribution < -0.4 is 4.74 Å². The van der Waals surface area contributed by atoms with Gasteiger partial charge in [-0.25, -0.2) is 0 Å². The van der Waals surface area contributed by atoms with Crippen molar-refractivity contribution in [2.45, 2.75) is 5.92 Å².